The molecule has 90 valence electrons. The highest BCUT2D eigenvalue weighted by Gasteiger charge is 2.36. The lowest BCUT2D eigenvalue weighted by atomic mass is 10.1. The Morgan fingerprint density at radius 2 is 1.94 bits per heavy atom. The van der Waals surface area contributed by atoms with Gasteiger partial charge in [-0.2, -0.15) is 13.2 Å². The number of halogens is 5. The molecule has 0 unspecified atom stereocenters. The number of para-hydroxylation sites is 1. The summed E-state index contributed by atoms with van der Waals surface area (Å²) in [5.41, 5.74) is -0.776. The van der Waals surface area contributed by atoms with E-state index < -0.39 is 11.9 Å². The largest absolute Gasteiger partial charge is 0.433 e. The highest BCUT2D eigenvalue weighted by molar-refractivity contribution is 9.10. The predicted molar refractivity (Wildman–Crippen MR) is 64.2 cm³/mol. The van der Waals surface area contributed by atoms with Crippen LogP contribution in [-0.2, 0) is 6.18 Å². The van der Waals surface area contributed by atoms with Gasteiger partial charge in [-0.3, -0.25) is 0 Å². The Labute approximate surface area is 109 Å². The molecular weight excluding hydrogens is 318 g/mol. The maximum Gasteiger partial charge on any atom is 0.433 e. The maximum atomic E-state index is 12.8. The summed E-state index contributed by atoms with van der Waals surface area (Å²) in [6, 6.07) is 4.97. The van der Waals surface area contributed by atoms with Gasteiger partial charge in [0.1, 0.15) is 5.69 Å². The monoisotopic (exact) mass is 323 g/mol. The number of nitrogens with zero attached hydrogens (tertiary/aromatic N) is 1. The zero-order valence-electron chi connectivity index (χ0n) is 8.57. The van der Waals surface area contributed by atoms with E-state index in [9.17, 15) is 13.2 Å². The number of hydrogen-bond donors (Lipinski definition) is 0. The number of pyridine rings is 1. The summed E-state index contributed by atoms with van der Waals surface area (Å²) in [5, 5.41) is 0.593. The van der Waals surface area contributed by atoms with Crippen molar-refractivity contribution in [2.75, 3.05) is 0 Å². The van der Waals surface area contributed by atoms with Gasteiger partial charge >= 0.3 is 6.18 Å². The fraction of sp³-hybridized carbons (Fsp3) is 0.182. The molecule has 0 fully saturated rings. The van der Waals surface area contributed by atoms with Crippen molar-refractivity contribution in [1.29, 1.82) is 0 Å². The lowest BCUT2D eigenvalue weighted by Crippen LogP contribution is -2.11. The number of rotatable bonds is 0. The van der Waals surface area contributed by atoms with E-state index in [1.165, 1.54) is 6.92 Å². The Kier molecular flexibility index (Phi) is 3.08. The molecular formula is C11H6BrClF3N. The maximum absolute atomic E-state index is 12.8. The first-order valence-corrected chi connectivity index (χ1v) is 5.81. The number of alkyl halides is 3. The van der Waals surface area contributed by atoms with Crippen molar-refractivity contribution < 1.29 is 13.2 Å². The van der Waals surface area contributed by atoms with Crippen molar-refractivity contribution in [3.8, 4) is 0 Å². The van der Waals surface area contributed by atoms with Crippen LogP contribution < -0.4 is 0 Å². The average molecular weight is 325 g/mol. The zero-order chi connectivity index (χ0) is 12.8. The van der Waals surface area contributed by atoms with Gasteiger partial charge in [-0.1, -0.05) is 23.7 Å². The summed E-state index contributed by atoms with van der Waals surface area (Å²) in [7, 11) is 0. The summed E-state index contributed by atoms with van der Waals surface area (Å²) in [6.07, 6.45) is -4.50. The van der Waals surface area contributed by atoms with Crippen LogP contribution in [0.2, 0.25) is 5.02 Å². The minimum absolute atomic E-state index is 0.0511. The fourth-order valence-electron chi connectivity index (χ4n) is 1.58. The van der Waals surface area contributed by atoms with Crippen molar-refractivity contribution >= 4 is 38.4 Å². The minimum atomic E-state index is -4.50. The van der Waals surface area contributed by atoms with Crippen LogP contribution in [0.5, 0.6) is 0 Å². The molecule has 1 aromatic heterocycles. The molecule has 0 saturated carbocycles. The highest BCUT2D eigenvalue weighted by Crippen LogP contribution is 2.38. The SMILES string of the molecule is Cc1c(C(F)(F)F)nc2c(Br)cccc2c1Cl. The molecule has 2 rings (SSSR count). The van der Waals surface area contributed by atoms with Gasteiger partial charge in [-0.15, -0.1) is 0 Å². The van der Waals surface area contributed by atoms with E-state index in [1.807, 2.05) is 0 Å². The second-order valence-electron chi connectivity index (χ2n) is 3.53. The molecule has 1 aromatic carbocycles. The van der Waals surface area contributed by atoms with E-state index in [2.05, 4.69) is 20.9 Å². The molecule has 2 aromatic rings. The highest BCUT2D eigenvalue weighted by atomic mass is 79.9. The van der Waals surface area contributed by atoms with Gasteiger partial charge in [0, 0.05) is 9.86 Å². The standard InChI is InChI=1S/C11H6BrClF3N/c1-5-8(13)6-3-2-4-7(12)9(6)17-10(5)11(14,15)16/h2-4H,1H3. The molecule has 0 atom stereocenters. The molecule has 1 heterocycles. The summed E-state index contributed by atoms with van der Waals surface area (Å²) in [5.74, 6) is 0. The molecule has 0 radical (unpaired) electrons. The minimum Gasteiger partial charge on any atom is -0.242 e. The van der Waals surface area contributed by atoms with Crippen molar-refractivity contribution in [2.24, 2.45) is 0 Å². The summed E-state index contributed by atoms with van der Waals surface area (Å²) in [6.45, 7) is 1.32. The Morgan fingerprint density at radius 1 is 1.29 bits per heavy atom. The molecule has 0 N–H and O–H groups in total. The quantitative estimate of drug-likeness (QED) is 0.666. The Morgan fingerprint density at radius 3 is 2.53 bits per heavy atom. The molecule has 0 saturated heterocycles. The third-order valence-corrected chi connectivity index (χ3v) is 3.53. The van der Waals surface area contributed by atoms with Crippen molar-refractivity contribution in [3.05, 3.63) is 39.0 Å². The van der Waals surface area contributed by atoms with Crippen LogP contribution in [0.3, 0.4) is 0 Å². The third kappa shape index (κ3) is 2.13. The normalized spacial score (nSPS) is 12.1. The van der Waals surface area contributed by atoms with Gasteiger partial charge in [0.05, 0.1) is 10.5 Å². The Balaban J connectivity index is 2.91. The van der Waals surface area contributed by atoms with Gasteiger partial charge in [0.25, 0.3) is 0 Å². The van der Waals surface area contributed by atoms with Gasteiger partial charge in [0.2, 0.25) is 0 Å². The fourth-order valence-corrected chi connectivity index (χ4v) is 2.28. The lowest BCUT2D eigenvalue weighted by Gasteiger charge is -2.13. The van der Waals surface area contributed by atoms with E-state index in [-0.39, 0.29) is 16.1 Å². The number of benzene rings is 1. The van der Waals surface area contributed by atoms with Crippen LogP contribution in [0.1, 0.15) is 11.3 Å². The molecule has 0 aliphatic carbocycles. The molecule has 0 aliphatic rings. The second kappa shape index (κ2) is 4.14. The lowest BCUT2D eigenvalue weighted by molar-refractivity contribution is -0.141. The van der Waals surface area contributed by atoms with Gasteiger partial charge < -0.3 is 0 Å². The average Bonchev–Trinajstić information content (AvgIpc) is 2.22. The van der Waals surface area contributed by atoms with Gasteiger partial charge in [-0.25, -0.2) is 4.98 Å². The number of aromatic nitrogens is 1. The first kappa shape index (κ1) is 12.6. The number of hydrogen-bond acceptors (Lipinski definition) is 1. The topological polar surface area (TPSA) is 12.9 Å². The molecule has 0 spiro atoms. The van der Waals surface area contributed by atoms with E-state index in [4.69, 9.17) is 11.6 Å². The summed E-state index contributed by atoms with van der Waals surface area (Å²) < 4.78 is 38.7. The van der Waals surface area contributed by atoms with E-state index in [0.717, 1.165) is 0 Å². The first-order valence-electron chi connectivity index (χ1n) is 4.64. The van der Waals surface area contributed by atoms with Crippen LogP contribution in [0.15, 0.2) is 22.7 Å². The molecule has 17 heavy (non-hydrogen) atoms. The Hall–Kier alpha value is -0.810. The van der Waals surface area contributed by atoms with Crippen LogP contribution in [0.25, 0.3) is 10.9 Å². The van der Waals surface area contributed by atoms with Gasteiger partial charge in [-0.05, 0) is 34.5 Å². The molecule has 6 heteroatoms. The van der Waals surface area contributed by atoms with Crippen molar-refractivity contribution in [3.63, 3.8) is 0 Å². The smallest absolute Gasteiger partial charge is 0.242 e. The van der Waals surface area contributed by atoms with Crippen molar-refractivity contribution in [1.82, 2.24) is 4.98 Å². The van der Waals surface area contributed by atoms with Crippen LogP contribution in [0.4, 0.5) is 13.2 Å². The van der Waals surface area contributed by atoms with Crippen LogP contribution >= 0.6 is 27.5 Å². The molecule has 0 bridgehead atoms. The van der Waals surface area contributed by atoms with E-state index >= 15 is 0 Å². The number of fused-ring (bicyclic) bond motifs is 1. The molecule has 0 amide bonds. The molecule has 1 nitrogen and oxygen atoms in total. The summed E-state index contributed by atoms with van der Waals surface area (Å²) in [4.78, 5) is 3.65. The zero-order valence-corrected chi connectivity index (χ0v) is 10.9. The predicted octanol–water partition coefficient (Wildman–Crippen LogP) is 4.98. The van der Waals surface area contributed by atoms with Crippen molar-refractivity contribution in [2.45, 2.75) is 13.1 Å². The molecule has 0 aliphatic heterocycles. The van der Waals surface area contributed by atoms with Gasteiger partial charge in [0.15, 0.2) is 0 Å². The third-order valence-electron chi connectivity index (χ3n) is 2.40. The van der Waals surface area contributed by atoms with E-state index in [1.54, 1.807) is 18.2 Å². The second-order valence-corrected chi connectivity index (χ2v) is 4.77. The first-order chi connectivity index (χ1) is 7.82. The van der Waals surface area contributed by atoms with Crippen LogP contribution in [0, 0.1) is 6.92 Å². The Bertz CT molecular complexity index is 595. The van der Waals surface area contributed by atoms with Crippen LogP contribution in [-0.4, -0.2) is 4.98 Å². The summed E-state index contributed by atoms with van der Waals surface area (Å²) >= 11 is 9.12. The van der Waals surface area contributed by atoms with E-state index in [0.29, 0.717) is 9.86 Å².